The Balaban J connectivity index is 2.45. The van der Waals surface area contributed by atoms with Crippen LogP contribution in [0.1, 0.15) is 10.4 Å². The van der Waals surface area contributed by atoms with Crippen molar-refractivity contribution in [3.63, 3.8) is 0 Å². The van der Waals surface area contributed by atoms with E-state index in [-0.39, 0.29) is 17.1 Å². The zero-order chi connectivity index (χ0) is 13.1. The smallest absolute Gasteiger partial charge is 0.165 e. The summed E-state index contributed by atoms with van der Waals surface area (Å²) in [7, 11) is 1.39. The molecule has 0 saturated carbocycles. The van der Waals surface area contributed by atoms with Gasteiger partial charge >= 0.3 is 0 Å². The molecule has 3 nitrogen and oxygen atoms in total. The van der Waals surface area contributed by atoms with Crippen LogP contribution in [0.5, 0.6) is 11.5 Å². The number of hydrogen-bond donors (Lipinski definition) is 1. The Kier molecular flexibility index (Phi) is 3.28. The van der Waals surface area contributed by atoms with Gasteiger partial charge in [0, 0.05) is 0 Å². The van der Waals surface area contributed by atoms with Crippen molar-refractivity contribution in [2.45, 2.75) is 0 Å². The molecule has 0 aliphatic carbocycles. The van der Waals surface area contributed by atoms with Gasteiger partial charge in [0.1, 0.15) is 5.75 Å². The van der Waals surface area contributed by atoms with Crippen LogP contribution >= 0.6 is 0 Å². The number of carbonyl (C=O) groups is 1. The predicted octanol–water partition coefficient (Wildman–Crippen LogP) is 3.02. The van der Waals surface area contributed by atoms with Crippen molar-refractivity contribution in [3.8, 4) is 22.6 Å². The van der Waals surface area contributed by atoms with Gasteiger partial charge < -0.3 is 9.84 Å². The first-order chi connectivity index (χ1) is 8.65. The van der Waals surface area contributed by atoms with E-state index in [0.717, 1.165) is 0 Å². The number of ether oxygens (including phenoxy) is 1. The lowest BCUT2D eigenvalue weighted by molar-refractivity contribution is 0.112. The average Bonchev–Trinajstić information content (AvgIpc) is 2.38. The third-order valence-corrected chi connectivity index (χ3v) is 2.64. The Morgan fingerprint density at radius 2 is 1.83 bits per heavy atom. The van der Waals surface area contributed by atoms with Crippen molar-refractivity contribution < 1.29 is 19.0 Å². The summed E-state index contributed by atoms with van der Waals surface area (Å²) < 4.78 is 18.4. The number of benzene rings is 2. The van der Waals surface area contributed by atoms with Crippen LogP contribution in [0, 0.1) is 5.82 Å². The maximum atomic E-state index is 13.5. The lowest BCUT2D eigenvalue weighted by Gasteiger charge is -2.06. The third-order valence-electron chi connectivity index (χ3n) is 2.64. The molecule has 0 bridgehead atoms. The van der Waals surface area contributed by atoms with Crippen molar-refractivity contribution >= 4 is 6.29 Å². The van der Waals surface area contributed by atoms with Crippen LogP contribution in [0.4, 0.5) is 4.39 Å². The number of rotatable bonds is 3. The van der Waals surface area contributed by atoms with Crippen LogP contribution in [0.15, 0.2) is 36.4 Å². The Hall–Kier alpha value is -2.36. The fourth-order valence-electron chi connectivity index (χ4n) is 1.67. The molecule has 0 atom stereocenters. The summed E-state index contributed by atoms with van der Waals surface area (Å²) in [5.74, 6) is -0.444. The van der Waals surface area contributed by atoms with Crippen LogP contribution in [0.3, 0.4) is 0 Å². The summed E-state index contributed by atoms with van der Waals surface area (Å²) in [6.45, 7) is 0. The molecule has 0 heterocycles. The zero-order valence-electron chi connectivity index (χ0n) is 9.68. The first-order valence-electron chi connectivity index (χ1n) is 5.28. The van der Waals surface area contributed by atoms with Gasteiger partial charge in [0.05, 0.1) is 12.7 Å². The fraction of sp³-hybridized carbons (Fsp3) is 0.0714. The number of aldehydes is 1. The van der Waals surface area contributed by atoms with Gasteiger partial charge in [0.15, 0.2) is 17.9 Å². The van der Waals surface area contributed by atoms with Crippen molar-refractivity contribution in [1.82, 2.24) is 0 Å². The second kappa shape index (κ2) is 4.87. The highest BCUT2D eigenvalue weighted by Gasteiger charge is 2.07. The molecule has 2 rings (SSSR count). The normalized spacial score (nSPS) is 10.1. The zero-order valence-corrected chi connectivity index (χ0v) is 9.68. The SMILES string of the molecule is COc1ccc(-c2ccc(C=O)c(O)c2)cc1F. The third kappa shape index (κ3) is 2.18. The maximum Gasteiger partial charge on any atom is 0.165 e. The minimum Gasteiger partial charge on any atom is -0.507 e. The Bertz CT molecular complexity index is 594. The standard InChI is InChI=1S/C14H11FO3/c1-18-14-5-4-9(6-12(14)15)10-2-3-11(8-16)13(17)7-10/h2-8,17H,1H3. The van der Waals surface area contributed by atoms with Gasteiger partial charge in [-0.25, -0.2) is 4.39 Å². The van der Waals surface area contributed by atoms with Crippen LogP contribution in [-0.4, -0.2) is 18.5 Å². The molecule has 0 fully saturated rings. The van der Waals surface area contributed by atoms with Gasteiger partial charge in [-0.05, 0) is 35.4 Å². The molecule has 0 aliphatic rings. The van der Waals surface area contributed by atoms with Gasteiger partial charge in [-0.2, -0.15) is 0 Å². The summed E-state index contributed by atoms with van der Waals surface area (Å²) >= 11 is 0. The lowest BCUT2D eigenvalue weighted by Crippen LogP contribution is -1.89. The molecule has 2 aromatic rings. The van der Waals surface area contributed by atoms with E-state index >= 15 is 0 Å². The monoisotopic (exact) mass is 246 g/mol. The van der Waals surface area contributed by atoms with Crippen LogP contribution in [-0.2, 0) is 0 Å². The predicted molar refractivity (Wildman–Crippen MR) is 65.4 cm³/mol. The molecule has 0 spiro atoms. The van der Waals surface area contributed by atoms with Crippen molar-refractivity contribution in [2.24, 2.45) is 0 Å². The summed E-state index contributed by atoms with van der Waals surface area (Å²) in [4.78, 5) is 10.6. The molecule has 92 valence electrons. The summed E-state index contributed by atoms with van der Waals surface area (Å²) in [6.07, 6.45) is 0.563. The van der Waals surface area contributed by atoms with E-state index in [1.54, 1.807) is 12.1 Å². The molecule has 18 heavy (non-hydrogen) atoms. The van der Waals surface area contributed by atoms with E-state index in [0.29, 0.717) is 17.4 Å². The first-order valence-corrected chi connectivity index (χ1v) is 5.28. The van der Waals surface area contributed by atoms with Gasteiger partial charge in [-0.15, -0.1) is 0 Å². The molecule has 0 radical (unpaired) electrons. The molecule has 0 unspecified atom stereocenters. The van der Waals surface area contributed by atoms with Crippen molar-refractivity contribution in [3.05, 3.63) is 47.8 Å². The summed E-state index contributed by atoms with van der Waals surface area (Å²) in [5, 5.41) is 9.57. The van der Waals surface area contributed by atoms with Crippen LogP contribution in [0.2, 0.25) is 0 Å². The quantitative estimate of drug-likeness (QED) is 0.847. The Morgan fingerprint density at radius 3 is 2.39 bits per heavy atom. The second-order valence-corrected chi connectivity index (χ2v) is 3.74. The number of methoxy groups -OCH3 is 1. The molecule has 2 aromatic carbocycles. The Morgan fingerprint density at radius 1 is 1.17 bits per heavy atom. The highest BCUT2D eigenvalue weighted by Crippen LogP contribution is 2.28. The maximum absolute atomic E-state index is 13.5. The van der Waals surface area contributed by atoms with Crippen molar-refractivity contribution in [2.75, 3.05) is 7.11 Å². The second-order valence-electron chi connectivity index (χ2n) is 3.74. The van der Waals surface area contributed by atoms with Gasteiger partial charge in [0.25, 0.3) is 0 Å². The van der Waals surface area contributed by atoms with E-state index < -0.39 is 5.82 Å². The summed E-state index contributed by atoms with van der Waals surface area (Å²) in [5.41, 5.74) is 1.42. The average molecular weight is 246 g/mol. The first kappa shape index (κ1) is 12.1. The van der Waals surface area contributed by atoms with Crippen molar-refractivity contribution in [1.29, 1.82) is 0 Å². The van der Waals surface area contributed by atoms with E-state index in [1.807, 2.05) is 0 Å². The minimum atomic E-state index is -0.478. The molecule has 0 aromatic heterocycles. The molecular weight excluding hydrogens is 235 g/mol. The van der Waals surface area contributed by atoms with Gasteiger partial charge in [-0.1, -0.05) is 12.1 Å². The topological polar surface area (TPSA) is 46.5 Å². The van der Waals surface area contributed by atoms with Gasteiger partial charge in [0.2, 0.25) is 0 Å². The lowest BCUT2D eigenvalue weighted by atomic mass is 10.0. The largest absolute Gasteiger partial charge is 0.507 e. The highest BCUT2D eigenvalue weighted by atomic mass is 19.1. The van der Waals surface area contributed by atoms with E-state index in [9.17, 15) is 14.3 Å². The number of carbonyl (C=O) groups excluding carboxylic acids is 1. The number of hydrogen-bond acceptors (Lipinski definition) is 3. The number of phenolic OH excluding ortho intramolecular Hbond substituents is 1. The van der Waals surface area contributed by atoms with Gasteiger partial charge in [-0.3, -0.25) is 4.79 Å². The van der Waals surface area contributed by atoms with E-state index in [1.165, 1.54) is 31.4 Å². The molecule has 1 N–H and O–H groups in total. The highest BCUT2D eigenvalue weighted by molar-refractivity contribution is 5.81. The summed E-state index contributed by atoms with van der Waals surface area (Å²) in [6, 6.07) is 9.05. The number of phenols is 1. The van der Waals surface area contributed by atoms with Crippen LogP contribution < -0.4 is 4.74 Å². The molecule has 0 saturated heterocycles. The molecular formula is C14H11FO3. The van der Waals surface area contributed by atoms with E-state index in [4.69, 9.17) is 4.74 Å². The minimum absolute atomic E-state index is 0.126. The Labute approximate surface area is 103 Å². The molecule has 0 aliphatic heterocycles. The molecule has 4 heteroatoms. The number of aromatic hydroxyl groups is 1. The fourth-order valence-corrected chi connectivity index (χ4v) is 1.67. The van der Waals surface area contributed by atoms with E-state index in [2.05, 4.69) is 0 Å². The molecule has 0 amide bonds. The van der Waals surface area contributed by atoms with Crippen LogP contribution in [0.25, 0.3) is 11.1 Å². The number of halogens is 1.